The molecule has 1 atom stereocenters. The summed E-state index contributed by atoms with van der Waals surface area (Å²) in [5.74, 6) is 0.778. The van der Waals surface area contributed by atoms with Crippen LogP contribution in [0.2, 0.25) is 0 Å². The van der Waals surface area contributed by atoms with Gasteiger partial charge in [-0.3, -0.25) is 4.79 Å². The molecule has 1 aromatic carbocycles. The molecule has 0 saturated carbocycles. The summed E-state index contributed by atoms with van der Waals surface area (Å²) in [5, 5.41) is 7.79. The van der Waals surface area contributed by atoms with Crippen LogP contribution in [0.1, 0.15) is 5.56 Å². The van der Waals surface area contributed by atoms with Gasteiger partial charge in [-0.15, -0.1) is 11.8 Å². The molecule has 1 aliphatic rings. The zero-order chi connectivity index (χ0) is 11.4. The highest BCUT2D eigenvalue weighted by Crippen LogP contribution is 2.44. The summed E-state index contributed by atoms with van der Waals surface area (Å²) in [5.41, 5.74) is 6.51. The minimum Gasteiger partial charge on any atom is -0.366 e. The Morgan fingerprint density at radius 2 is 2.25 bits per heavy atom. The van der Waals surface area contributed by atoms with Gasteiger partial charge in [-0.2, -0.15) is 10.2 Å². The van der Waals surface area contributed by atoms with Crippen LogP contribution in [0, 0.1) is 0 Å². The van der Waals surface area contributed by atoms with E-state index in [0.29, 0.717) is 11.6 Å². The molecule has 1 heterocycles. The van der Waals surface area contributed by atoms with Gasteiger partial charge < -0.3 is 5.73 Å². The minimum atomic E-state index is -0.921. The molecular weight excluding hydrogens is 242 g/mol. The Morgan fingerprint density at radius 3 is 2.81 bits per heavy atom. The number of benzene rings is 1. The molecular formula is C10H11N3OS2. The van der Waals surface area contributed by atoms with Crippen LogP contribution < -0.4 is 5.73 Å². The molecule has 0 aromatic heterocycles. The van der Waals surface area contributed by atoms with Crippen LogP contribution in [0.15, 0.2) is 40.6 Å². The van der Waals surface area contributed by atoms with E-state index in [4.69, 9.17) is 5.73 Å². The van der Waals surface area contributed by atoms with E-state index in [9.17, 15) is 4.79 Å². The zero-order valence-electron chi connectivity index (χ0n) is 8.50. The number of primary amides is 1. The Morgan fingerprint density at radius 1 is 1.50 bits per heavy atom. The van der Waals surface area contributed by atoms with Crippen molar-refractivity contribution in [1.29, 1.82) is 0 Å². The number of nitrogens with zero attached hydrogens (tertiary/aromatic N) is 2. The van der Waals surface area contributed by atoms with E-state index >= 15 is 0 Å². The van der Waals surface area contributed by atoms with Crippen molar-refractivity contribution >= 4 is 29.4 Å². The third-order valence-corrected chi connectivity index (χ3v) is 4.89. The number of azo groups is 1. The Labute approximate surface area is 102 Å². The van der Waals surface area contributed by atoms with E-state index in [1.54, 1.807) is 0 Å². The van der Waals surface area contributed by atoms with E-state index in [-0.39, 0.29) is 0 Å². The first-order valence-electron chi connectivity index (χ1n) is 4.73. The fourth-order valence-corrected chi connectivity index (χ4v) is 3.31. The van der Waals surface area contributed by atoms with Crippen molar-refractivity contribution in [3.8, 4) is 0 Å². The molecule has 84 valence electrons. The Bertz CT molecular complexity index is 410. The summed E-state index contributed by atoms with van der Waals surface area (Å²) in [7, 11) is 0. The summed E-state index contributed by atoms with van der Waals surface area (Å²) in [6.07, 6.45) is 0. The largest absolute Gasteiger partial charge is 0.366 e. The molecule has 6 heteroatoms. The van der Waals surface area contributed by atoms with Crippen LogP contribution in [0.3, 0.4) is 0 Å². The number of nitrogens with two attached hydrogens (primary N) is 1. The van der Waals surface area contributed by atoms with Crippen LogP contribution in [0.25, 0.3) is 0 Å². The van der Waals surface area contributed by atoms with E-state index < -0.39 is 10.1 Å². The molecule has 1 aliphatic heterocycles. The van der Waals surface area contributed by atoms with E-state index in [1.165, 1.54) is 23.5 Å². The molecule has 0 spiro atoms. The van der Waals surface area contributed by atoms with Gasteiger partial charge in [0.15, 0.2) is 0 Å². The van der Waals surface area contributed by atoms with Crippen LogP contribution in [-0.4, -0.2) is 16.0 Å². The maximum Gasteiger partial charge on any atom is 0.268 e. The van der Waals surface area contributed by atoms with Crippen molar-refractivity contribution < 1.29 is 4.79 Å². The second kappa shape index (κ2) is 4.88. The predicted octanol–water partition coefficient (Wildman–Crippen LogP) is 2.22. The molecule has 1 aromatic rings. The molecule has 0 fully saturated rings. The summed E-state index contributed by atoms with van der Waals surface area (Å²) in [6.45, 7) is 0. The van der Waals surface area contributed by atoms with Gasteiger partial charge in [0, 0.05) is 5.75 Å². The molecule has 0 radical (unpaired) electrons. The number of hydrogen-bond donors (Lipinski definition) is 1. The lowest BCUT2D eigenvalue weighted by Crippen LogP contribution is -2.34. The number of thioether (sulfide) groups is 2. The van der Waals surface area contributed by atoms with Crippen molar-refractivity contribution in [3.05, 3.63) is 35.9 Å². The van der Waals surface area contributed by atoms with Gasteiger partial charge in [-0.25, -0.2) is 0 Å². The van der Waals surface area contributed by atoms with Gasteiger partial charge in [-0.1, -0.05) is 42.1 Å². The fraction of sp³-hybridized carbons (Fsp3) is 0.300. The maximum atomic E-state index is 11.4. The Kier molecular flexibility index (Phi) is 3.50. The highest BCUT2D eigenvalue weighted by Gasteiger charge is 2.41. The first kappa shape index (κ1) is 11.5. The van der Waals surface area contributed by atoms with Gasteiger partial charge in [0.2, 0.25) is 0 Å². The number of carbonyl (C=O) groups is 1. The average molecular weight is 253 g/mol. The van der Waals surface area contributed by atoms with Crippen molar-refractivity contribution in [3.63, 3.8) is 0 Å². The minimum absolute atomic E-state index is 0.431. The van der Waals surface area contributed by atoms with E-state index in [1.807, 2.05) is 30.3 Å². The topological polar surface area (TPSA) is 67.8 Å². The molecule has 1 unspecified atom stereocenters. The molecule has 0 saturated heterocycles. The van der Waals surface area contributed by atoms with Crippen LogP contribution >= 0.6 is 23.5 Å². The SMILES string of the molecule is NC(=O)C1(SCc2ccccc2)N=NCS1. The third-order valence-electron chi connectivity index (χ3n) is 2.11. The normalized spacial score (nSPS) is 23.5. The number of carbonyl (C=O) groups excluding carboxylic acids is 1. The Hall–Kier alpha value is -1.01. The van der Waals surface area contributed by atoms with Gasteiger partial charge in [0.25, 0.3) is 10.1 Å². The molecule has 2 rings (SSSR count). The molecule has 2 N–H and O–H groups in total. The zero-order valence-corrected chi connectivity index (χ0v) is 10.1. The monoisotopic (exact) mass is 253 g/mol. The third kappa shape index (κ3) is 2.38. The summed E-state index contributed by atoms with van der Waals surface area (Å²) in [6, 6.07) is 9.92. The molecule has 0 aliphatic carbocycles. The van der Waals surface area contributed by atoms with Gasteiger partial charge in [-0.05, 0) is 5.56 Å². The molecule has 16 heavy (non-hydrogen) atoms. The van der Waals surface area contributed by atoms with Gasteiger partial charge in [0.1, 0.15) is 5.88 Å². The number of amides is 1. The molecule has 4 nitrogen and oxygen atoms in total. The molecule has 0 bridgehead atoms. The van der Waals surface area contributed by atoms with Crippen molar-refractivity contribution in [2.75, 3.05) is 5.88 Å². The van der Waals surface area contributed by atoms with Crippen LogP contribution in [-0.2, 0) is 10.5 Å². The Balaban J connectivity index is 2.03. The van der Waals surface area contributed by atoms with Crippen LogP contribution in [0.5, 0.6) is 0 Å². The average Bonchev–Trinajstić information content (AvgIpc) is 2.78. The highest BCUT2D eigenvalue weighted by atomic mass is 32.2. The lowest BCUT2D eigenvalue weighted by atomic mass is 10.2. The number of hydrogen-bond acceptors (Lipinski definition) is 5. The van der Waals surface area contributed by atoms with E-state index in [2.05, 4.69) is 10.2 Å². The lowest BCUT2D eigenvalue weighted by molar-refractivity contribution is -0.118. The van der Waals surface area contributed by atoms with Crippen molar-refractivity contribution in [2.45, 2.75) is 9.96 Å². The van der Waals surface area contributed by atoms with E-state index in [0.717, 1.165) is 5.56 Å². The highest BCUT2D eigenvalue weighted by molar-refractivity contribution is 8.19. The lowest BCUT2D eigenvalue weighted by Gasteiger charge is -2.18. The molecule has 1 amide bonds. The van der Waals surface area contributed by atoms with Gasteiger partial charge in [0.05, 0.1) is 0 Å². The maximum absolute atomic E-state index is 11.4. The van der Waals surface area contributed by atoms with Gasteiger partial charge >= 0.3 is 0 Å². The predicted molar refractivity (Wildman–Crippen MR) is 67.0 cm³/mol. The quantitative estimate of drug-likeness (QED) is 0.894. The number of rotatable bonds is 4. The fourth-order valence-electron chi connectivity index (χ4n) is 1.28. The smallest absolute Gasteiger partial charge is 0.268 e. The summed E-state index contributed by atoms with van der Waals surface area (Å²) >= 11 is 2.79. The van der Waals surface area contributed by atoms with Crippen molar-refractivity contribution in [1.82, 2.24) is 0 Å². The first-order chi connectivity index (χ1) is 7.73. The summed E-state index contributed by atoms with van der Waals surface area (Å²) in [4.78, 5) is 11.4. The van der Waals surface area contributed by atoms with Crippen molar-refractivity contribution in [2.24, 2.45) is 16.0 Å². The first-order valence-corrected chi connectivity index (χ1v) is 6.70. The second-order valence-corrected chi connectivity index (χ2v) is 5.80. The standard InChI is InChI=1S/C10H11N3OS2/c11-9(14)10(13-12-7-16-10)15-6-8-4-2-1-3-5-8/h1-5H,6-7H2,(H2,11,14). The second-order valence-electron chi connectivity index (χ2n) is 3.24. The summed E-state index contributed by atoms with van der Waals surface area (Å²) < 4.78 is -0.921. The van der Waals surface area contributed by atoms with Crippen LogP contribution in [0.4, 0.5) is 0 Å².